The summed E-state index contributed by atoms with van der Waals surface area (Å²) >= 11 is 0.0391. The van der Waals surface area contributed by atoms with Crippen molar-refractivity contribution in [3.05, 3.63) is 24.3 Å². The zero-order valence-corrected chi connectivity index (χ0v) is 6.86. The van der Waals surface area contributed by atoms with Gasteiger partial charge in [0.25, 0.3) is 0 Å². The third-order valence-electron chi connectivity index (χ3n) is 1.35. The molecule has 0 fully saturated rings. The molecule has 0 spiro atoms. The maximum atomic E-state index is 10.1. The molecule has 62 valence electrons. The fraction of sp³-hybridized carbons (Fsp3) is 0. The second-order valence-electron chi connectivity index (χ2n) is 2.10. The zero-order valence-electron chi connectivity index (χ0n) is 6.04. The van der Waals surface area contributed by atoms with Gasteiger partial charge in [0.2, 0.25) is 11.5 Å². The molecule has 0 saturated heterocycles. The van der Waals surface area contributed by atoms with Crippen molar-refractivity contribution >= 4 is 29.7 Å². The molecule has 2 N–H and O–H groups in total. The Kier molecular flexibility index (Phi) is 3.15. The summed E-state index contributed by atoms with van der Waals surface area (Å²) in [5, 5.41) is 17.6. The van der Waals surface area contributed by atoms with Gasteiger partial charge in [-0.15, -0.1) is 0 Å². The third kappa shape index (κ3) is 2.01. The van der Waals surface area contributed by atoms with E-state index in [-0.39, 0.29) is 16.9 Å². The lowest BCUT2D eigenvalue weighted by Crippen LogP contribution is -2.29. The van der Waals surface area contributed by atoms with Crippen molar-refractivity contribution < 1.29 is 14.3 Å². The molecule has 0 aliphatic heterocycles. The third-order valence-corrected chi connectivity index (χ3v) is 1.62. The topological polar surface area (TPSA) is 69.9 Å². The Bertz CT molecular complexity index is 324. The molecule has 4 nitrogen and oxygen atoms in total. The van der Waals surface area contributed by atoms with Crippen LogP contribution < -0.4 is 5.46 Å². The van der Waals surface area contributed by atoms with Crippen molar-refractivity contribution in [1.82, 2.24) is 0 Å². The molecule has 0 aliphatic rings. The summed E-state index contributed by atoms with van der Waals surface area (Å²) in [7, 11) is -1.59. The van der Waals surface area contributed by atoms with Crippen LogP contribution in [0, 0.1) is 0 Å². The molecule has 0 unspecified atom stereocenters. The summed E-state index contributed by atoms with van der Waals surface area (Å²) in [6.45, 7) is 0. The van der Waals surface area contributed by atoms with Gasteiger partial charge in [-0.2, -0.15) is 8.57 Å². The smallest absolute Gasteiger partial charge is 0.423 e. The highest BCUT2D eigenvalue weighted by atomic mass is 32.1. The molecular formula is C6H6BNO3S. The van der Waals surface area contributed by atoms with E-state index in [1.807, 2.05) is 0 Å². The standard InChI is InChI=1S/C6H6BNO3S/c9-7(10)5-3-1-2-4-6(5)8-12-11/h1-4,9-10H. The minimum Gasteiger partial charge on any atom is -0.423 e. The van der Waals surface area contributed by atoms with Crippen molar-refractivity contribution in [3.63, 3.8) is 0 Å². The number of rotatable bonds is 2. The largest absolute Gasteiger partial charge is 0.490 e. The van der Waals surface area contributed by atoms with Crippen LogP contribution in [0.3, 0.4) is 0 Å². The maximum absolute atomic E-state index is 10.1. The Balaban J connectivity index is 3.17. The van der Waals surface area contributed by atoms with Gasteiger partial charge < -0.3 is 10.0 Å². The van der Waals surface area contributed by atoms with E-state index in [0.717, 1.165) is 0 Å². The molecule has 12 heavy (non-hydrogen) atoms. The summed E-state index contributed by atoms with van der Waals surface area (Å²) in [5.41, 5.74) is 0.536. The molecule has 1 aromatic carbocycles. The highest BCUT2D eigenvalue weighted by molar-refractivity contribution is 7.54. The van der Waals surface area contributed by atoms with Crippen LogP contribution in [0.1, 0.15) is 0 Å². The highest BCUT2D eigenvalue weighted by Gasteiger charge is 2.14. The second kappa shape index (κ2) is 4.15. The SMILES string of the molecule is O=S=Nc1ccccc1B(O)O. The number of hydrogen-bond acceptors (Lipinski definition) is 4. The van der Waals surface area contributed by atoms with Gasteiger partial charge in [0.1, 0.15) is 0 Å². The molecule has 0 radical (unpaired) electrons. The van der Waals surface area contributed by atoms with Crippen LogP contribution in [0.2, 0.25) is 0 Å². The highest BCUT2D eigenvalue weighted by Crippen LogP contribution is 2.06. The van der Waals surface area contributed by atoms with Crippen molar-refractivity contribution in [2.45, 2.75) is 0 Å². The predicted molar refractivity (Wildman–Crippen MR) is 46.5 cm³/mol. The monoisotopic (exact) mass is 183 g/mol. The van der Waals surface area contributed by atoms with E-state index in [1.54, 1.807) is 18.2 Å². The number of hydrogen-bond donors (Lipinski definition) is 2. The summed E-state index contributed by atoms with van der Waals surface area (Å²) in [4.78, 5) is 0. The fourth-order valence-electron chi connectivity index (χ4n) is 0.829. The van der Waals surface area contributed by atoms with Gasteiger partial charge in [-0.3, -0.25) is 0 Å². The van der Waals surface area contributed by atoms with E-state index in [0.29, 0.717) is 5.69 Å². The van der Waals surface area contributed by atoms with Gasteiger partial charge in [0.15, 0.2) is 0 Å². The van der Waals surface area contributed by atoms with Gasteiger partial charge in [0, 0.05) is 5.46 Å². The first-order valence-electron chi connectivity index (χ1n) is 3.21. The molecular weight excluding hydrogens is 177 g/mol. The minimum atomic E-state index is -1.59. The number of benzene rings is 1. The van der Waals surface area contributed by atoms with Crippen LogP contribution in [-0.4, -0.2) is 21.4 Å². The van der Waals surface area contributed by atoms with E-state index in [1.165, 1.54) is 6.07 Å². The van der Waals surface area contributed by atoms with Crippen LogP contribution in [-0.2, 0) is 11.5 Å². The first kappa shape index (κ1) is 9.12. The van der Waals surface area contributed by atoms with Crippen molar-refractivity contribution in [2.75, 3.05) is 0 Å². The average molecular weight is 183 g/mol. The summed E-state index contributed by atoms with van der Waals surface area (Å²) in [5.74, 6) is 0. The molecule has 0 aromatic heterocycles. The summed E-state index contributed by atoms with van der Waals surface area (Å²) in [6.07, 6.45) is 0. The molecule has 0 heterocycles. The maximum Gasteiger partial charge on any atom is 0.490 e. The first-order valence-corrected chi connectivity index (χ1v) is 3.90. The van der Waals surface area contributed by atoms with E-state index in [9.17, 15) is 4.21 Å². The van der Waals surface area contributed by atoms with E-state index >= 15 is 0 Å². The molecule has 0 atom stereocenters. The summed E-state index contributed by atoms with van der Waals surface area (Å²) in [6, 6.07) is 6.35. The Morgan fingerprint density at radius 3 is 2.58 bits per heavy atom. The van der Waals surface area contributed by atoms with Crippen LogP contribution in [0.4, 0.5) is 5.69 Å². The lowest BCUT2D eigenvalue weighted by atomic mass is 9.79. The van der Waals surface area contributed by atoms with Crippen LogP contribution >= 0.6 is 0 Å². The van der Waals surface area contributed by atoms with E-state index in [2.05, 4.69) is 4.36 Å². The average Bonchev–Trinajstić information content (AvgIpc) is 2.05. The molecule has 6 heteroatoms. The number of nitrogens with zero attached hydrogens (tertiary/aromatic N) is 1. The van der Waals surface area contributed by atoms with Crippen LogP contribution in [0.5, 0.6) is 0 Å². The lowest BCUT2D eigenvalue weighted by molar-refractivity contribution is 0.426. The molecule has 0 aliphatic carbocycles. The first-order chi connectivity index (χ1) is 5.75. The van der Waals surface area contributed by atoms with E-state index in [4.69, 9.17) is 10.0 Å². The Morgan fingerprint density at radius 2 is 2.00 bits per heavy atom. The normalized spacial score (nSPS) is 9.17. The van der Waals surface area contributed by atoms with Gasteiger partial charge in [-0.25, -0.2) is 0 Å². The molecule has 0 saturated carbocycles. The quantitative estimate of drug-likeness (QED) is 0.601. The van der Waals surface area contributed by atoms with Crippen molar-refractivity contribution in [2.24, 2.45) is 4.36 Å². The van der Waals surface area contributed by atoms with Gasteiger partial charge in [-0.05, 0) is 6.07 Å². The van der Waals surface area contributed by atoms with E-state index < -0.39 is 7.12 Å². The molecule has 0 bridgehead atoms. The second-order valence-corrected chi connectivity index (χ2v) is 2.43. The van der Waals surface area contributed by atoms with Gasteiger partial charge >= 0.3 is 7.12 Å². The lowest BCUT2D eigenvalue weighted by Gasteiger charge is -2.00. The summed E-state index contributed by atoms with van der Waals surface area (Å²) < 4.78 is 13.5. The Hall–Kier alpha value is -0.975. The molecule has 1 rings (SSSR count). The van der Waals surface area contributed by atoms with Crippen molar-refractivity contribution in [3.8, 4) is 0 Å². The zero-order chi connectivity index (χ0) is 8.97. The predicted octanol–water partition coefficient (Wildman–Crippen LogP) is -0.605. The van der Waals surface area contributed by atoms with Gasteiger partial charge in [-0.1, -0.05) is 18.2 Å². The minimum absolute atomic E-state index is 0.0391. The molecule has 1 aromatic rings. The fourth-order valence-corrected chi connectivity index (χ4v) is 1.08. The van der Waals surface area contributed by atoms with Crippen LogP contribution in [0.15, 0.2) is 28.6 Å². The van der Waals surface area contributed by atoms with Crippen LogP contribution in [0.25, 0.3) is 0 Å². The molecule has 0 amide bonds. The van der Waals surface area contributed by atoms with Gasteiger partial charge in [0.05, 0.1) is 5.69 Å². The van der Waals surface area contributed by atoms with Crippen molar-refractivity contribution in [1.29, 1.82) is 0 Å². The Morgan fingerprint density at radius 1 is 1.33 bits per heavy atom. The Labute approximate surface area is 73.3 Å².